The van der Waals surface area contributed by atoms with Crippen molar-refractivity contribution in [3.05, 3.63) is 35.4 Å². The zero-order valence-corrected chi connectivity index (χ0v) is 6.02. The number of hydrogen-bond donors (Lipinski definition) is 2. The largest absolute Gasteiger partial charge is 0.316 e. The molecule has 0 aliphatic rings. The number of carboxylic acid groups (broad SMARTS) is 2. The average molecular weight is 233 g/mol. The fourth-order valence-electron chi connectivity index (χ4n) is 0.856. The van der Waals surface area contributed by atoms with Crippen LogP contribution < -0.4 is 0 Å². The van der Waals surface area contributed by atoms with Gasteiger partial charge in [0.1, 0.15) is 0 Å². The number of hydrogen-bond acceptors (Lipinski definition) is 2. The Kier molecular flexibility index (Phi) is 9.46. The van der Waals surface area contributed by atoms with E-state index in [1.165, 1.54) is 24.3 Å². The van der Waals surface area contributed by atoms with Crippen LogP contribution in [0.3, 0.4) is 0 Å². The Morgan fingerprint density at radius 3 is 1.43 bits per heavy atom. The van der Waals surface area contributed by atoms with Gasteiger partial charge in [-0.1, -0.05) is 12.1 Å². The molecule has 0 aromatic heterocycles. The van der Waals surface area contributed by atoms with Crippen molar-refractivity contribution in [1.82, 2.24) is 0 Å². The molecule has 0 unspecified atom stereocenters. The van der Waals surface area contributed by atoms with Crippen LogP contribution in [-0.4, -0.2) is 96.6 Å². The summed E-state index contributed by atoms with van der Waals surface area (Å²) >= 11 is 0. The van der Waals surface area contributed by atoms with Crippen LogP contribution in [0.1, 0.15) is 20.7 Å². The minimum atomic E-state index is -1.23. The van der Waals surface area contributed by atoms with E-state index < -0.39 is 11.9 Å². The average Bonchev–Trinajstić information content (AvgIpc) is 2.04. The molecule has 1 aromatic carbocycles. The van der Waals surface area contributed by atoms with Crippen LogP contribution in [0.4, 0.5) is 0 Å². The number of carboxylic acids is 2. The molecule has 2 N–H and O–H groups in total. The van der Waals surface area contributed by atoms with Crippen molar-refractivity contribution in [3.8, 4) is 0 Å². The molecule has 14 heavy (non-hydrogen) atoms. The fraction of sp³-hybridized carbons (Fsp3) is 0. The minimum Gasteiger partial charge on any atom is 0.316 e. The van der Waals surface area contributed by atoms with Gasteiger partial charge >= 0.3 is 86.4 Å². The molecule has 0 heterocycles. The molecule has 0 aliphatic carbocycles. The molecule has 0 amide bonds. The van der Waals surface area contributed by atoms with E-state index in [-0.39, 0.29) is 85.6 Å². The van der Waals surface area contributed by atoms with Crippen LogP contribution in [0.25, 0.3) is 0 Å². The van der Waals surface area contributed by atoms with Crippen molar-refractivity contribution in [2.75, 3.05) is 0 Å². The van der Waals surface area contributed by atoms with E-state index in [0.717, 1.165) is 0 Å². The Hall–Kier alpha value is 0.563. The Morgan fingerprint density at radius 1 is 0.929 bits per heavy atom. The Morgan fingerprint density at radius 2 is 1.21 bits per heavy atom. The van der Waals surface area contributed by atoms with E-state index in [9.17, 15) is 9.59 Å². The van der Waals surface area contributed by atoms with Gasteiger partial charge in [-0.3, -0.25) is 0 Å². The first-order valence-corrected chi connectivity index (χ1v) is 3.18. The zero-order chi connectivity index (χ0) is 9.14. The first kappa shape index (κ1) is 17.0. The first-order chi connectivity index (χ1) is 5.63. The molecule has 4 nitrogen and oxygen atoms in total. The molecule has 0 aliphatic heterocycles. The smallest absolute Gasteiger partial charge is 0.316 e. The molecule has 0 fully saturated rings. The van der Waals surface area contributed by atoms with Crippen molar-refractivity contribution < 1.29 is 19.8 Å². The Labute approximate surface area is 139 Å². The van der Waals surface area contributed by atoms with Gasteiger partial charge in [0.15, 0.2) is 0 Å². The van der Waals surface area contributed by atoms with E-state index >= 15 is 0 Å². The van der Waals surface area contributed by atoms with Gasteiger partial charge in [-0.15, -0.1) is 0 Å². The topological polar surface area (TPSA) is 74.6 Å². The van der Waals surface area contributed by atoms with Gasteiger partial charge in [0, 0.05) is 0 Å². The molecule has 1 aromatic rings. The van der Waals surface area contributed by atoms with E-state index in [1.807, 2.05) is 0 Å². The second-order valence-electron chi connectivity index (χ2n) is 2.16. The summed E-state index contributed by atoms with van der Waals surface area (Å²) in [4.78, 5) is 20.9. The summed E-state index contributed by atoms with van der Waals surface area (Å²) in [6.45, 7) is 0. The molecule has 68 valence electrons. The van der Waals surface area contributed by atoms with Crippen LogP contribution in [-0.2, 0) is 0 Å². The van der Waals surface area contributed by atoms with Crippen LogP contribution in [0.5, 0.6) is 0 Å². The summed E-state index contributed by atoms with van der Waals surface area (Å²) in [7, 11) is 0. The monoisotopic (exact) mass is 232 g/mol. The summed E-state index contributed by atoms with van der Waals surface area (Å²) in [6.07, 6.45) is 0. The first-order valence-electron chi connectivity index (χ1n) is 3.18. The van der Waals surface area contributed by atoms with Gasteiger partial charge in [0.25, 0.3) is 0 Å². The molecule has 0 bridgehead atoms. The number of carbonyl (C=O) groups is 2. The second kappa shape index (κ2) is 7.80. The van der Waals surface area contributed by atoms with Crippen LogP contribution in [0, 0.1) is 0 Å². The normalized spacial score (nSPS) is 8.00. The Balaban J connectivity index is 0. The third-order valence-corrected chi connectivity index (χ3v) is 1.39. The van der Waals surface area contributed by atoms with Gasteiger partial charge in [-0.05, 0) is 12.1 Å². The summed E-state index contributed by atoms with van der Waals surface area (Å²) in [5.74, 6) is -2.46. The maximum atomic E-state index is 10.5. The summed E-state index contributed by atoms with van der Waals surface area (Å²) in [5, 5.41) is 17.1. The molecular weight excluding hydrogens is 223 g/mol. The van der Waals surface area contributed by atoms with Crippen LogP contribution >= 0.6 is 0 Å². The van der Waals surface area contributed by atoms with Crippen molar-refractivity contribution in [1.29, 1.82) is 0 Å². The third kappa shape index (κ3) is 4.39. The van der Waals surface area contributed by atoms with Crippen molar-refractivity contribution >= 4 is 86.4 Å². The number of benzene rings is 1. The van der Waals surface area contributed by atoms with E-state index in [2.05, 4.69) is 0 Å². The third-order valence-electron chi connectivity index (χ3n) is 1.39. The summed E-state index contributed by atoms with van der Waals surface area (Å²) in [5.41, 5.74) is -0.380. The quantitative estimate of drug-likeness (QED) is 0.676. The minimum absolute atomic E-state index is 0. The predicted molar refractivity (Wildman–Crippen MR) is 56.1 cm³/mol. The molecule has 0 saturated carbocycles. The number of rotatable bonds is 2. The van der Waals surface area contributed by atoms with E-state index in [1.54, 1.807) is 0 Å². The molecule has 0 radical (unpaired) electrons. The molecule has 1 rings (SSSR count). The molecule has 0 atom stereocenters. The summed E-state index contributed by atoms with van der Waals surface area (Å²) < 4.78 is 0. The van der Waals surface area contributed by atoms with E-state index in [4.69, 9.17) is 10.2 Å². The SMILES string of the molecule is O=C(O)c1ccccc1C(=O)O.[KH].[MgH2]. The predicted octanol–water partition coefficient (Wildman–Crippen LogP) is -0.482. The second-order valence-corrected chi connectivity index (χ2v) is 2.16. The Bertz CT molecular complexity index is 307. The maximum absolute atomic E-state index is 10.5. The fourth-order valence-corrected chi connectivity index (χ4v) is 0.856. The molecular formula is C8H9KMgO4. The molecule has 0 saturated heterocycles. The van der Waals surface area contributed by atoms with Crippen LogP contribution in [0.2, 0.25) is 0 Å². The molecule has 6 heteroatoms. The van der Waals surface area contributed by atoms with Crippen molar-refractivity contribution in [2.24, 2.45) is 0 Å². The van der Waals surface area contributed by atoms with Gasteiger partial charge in [-0.25, -0.2) is 9.59 Å². The van der Waals surface area contributed by atoms with Gasteiger partial charge < -0.3 is 10.2 Å². The summed E-state index contributed by atoms with van der Waals surface area (Å²) in [6, 6.07) is 5.48. The zero-order valence-electron chi connectivity index (χ0n) is 6.02. The van der Waals surface area contributed by atoms with Crippen LogP contribution in [0.15, 0.2) is 24.3 Å². The van der Waals surface area contributed by atoms with Gasteiger partial charge in [0.05, 0.1) is 11.1 Å². The standard InChI is InChI=1S/C8H6O4.K.Mg.3H/c9-7(10)5-3-1-2-4-6(5)8(11)12;;;;;/h1-4H,(H,9,10)(H,11,12);;;;;. The molecule has 0 spiro atoms. The van der Waals surface area contributed by atoms with Crippen molar-refractivity contribution in [2.45, 2.75) is 0 Å². The number of aromatic carboxylic acids is 2. The van der Waals surface area contributed by atoms with E-state index in [0.29, 0.717) is 0 Å². The van der Waals surface area contributed by atoms with Gasteiger partial charge in [0.2, 0.25) is 0 Å². The van der Waals surface area contributed by atoms with Crippen molar-refractivity contribution in [3.63, 3.8) is 0 Å². The van der Waals surface area contributed by atoms with Gasteiger partial charge in [-0.2, -0.15) is 0 Å². The maximum Gasteiger partial charge on any atom is 0.316 e.